The largest absolute Gasteiger partial charge is 0.550 e. The third-order valence-corrected chi connectivity index (χ3v) is 1.82. The molecule has 0 aliphatic rings. The van der Waals surface area contributed by atoms with Crippen molar-refractivity contribution in [3.05, 3.63) is 0 Å². The van der Waals surface area contributed by atoms with Gasteiger partial charge in [-0.25, -0.2) is 0 Å². The molecule has 0 atom stereocenters. The van der Waals surface area contributed by atoms with E-state index in [0.717, 1.165) is 19.0 Å². The molecule has 0 aliphatic carbocycles. The highest BCUT2D eigenvalue weighted by molar-refractivity contribution is 5.60. The average Bonchev–Trinajstić information content (AvgIpc) is 1.84. The second kappa shape index (κ2) is 7.10. The van der Waals surface area contributed by atoms with Crippen molar-refractivity contribution in [3.8, 4) is 0 Å². The van der Waals surface area contributed by atoms with E-state index in [1.165, 1.54) is 0 Å². The second-order valence-corrected chi connectivity index (χ2v) is 3.54. The van der Waals surface area contributed by atoms with Gasteiger partial charge in [-0.3, -0.25) is 0 Å². The van der Waals surface area contributed by atoms with E-state index in [9.17, 15) is 0 Å². The molecule has 0 unspecified atom stereocenters. The Bertz CT molecular complexity index is 110. The van der Waals surface area contributed by atoms with Crippen LogP contribution < -0.4 is 10.0 Å². The number of carboxylic acids is 1. The van der Waals surface area contributed by atoms with E-state index in [0.29, 0.717) is 0 Å². The predicted molar refractivity (Wildman–Crippen MR) is 47.8 cm³/mol. The van der Waals surface area contributed by atoms with Crippen LogP contribution in [0.1, 0.15) is 34.6 Å². The molecule has 0 amide bonds. The molecule has 0 saturated carbocycles. The van der Waals surface area contributed by atoms with Gasteiger partial charge in [0.2, 0.25) is 0 Å². The van der Waals surface area contributed by atoms with Crippen LogP contribution in [-0.4, -0.2) is 25.1 Å². The molecular formula is C9H21NO2. The van der Waals surface area contributed by atoms with Gasteiger partial charge in [-0.05, 0) is 34.6 Å². The van der Waals surface area contributed by atoms with E-state index in [2.05, 4.69) is 34.7 Å². The minimum Gasteiger partial charge on any atom is -0.550 e. The maximum absolute atomic E-state index is 8.89. The summed E-state index contributed by atoms with van der Waals surface area (Å²) >= 11 is 0. The van der Waals surface area contributed by atoms with Crippen molar-refractivity contribution in [1.29, 1.82) is 0 Å². The van der Waals surface area contributed by atoms with Gasteiger partial charge in [0.15, 0.2) is 0 Å². The van der Waals surface area contributed by atoms with Crippen molar-refractivity contribution in [2.75, 3.05) is 7.05 Å². The summed E-state index contributed by atoms with van der Waals surface area (Å²) in [5, 5.41) is 8.89. The SMILES string of the molecule is CC(=O)[O-].CC(C)[NH+](C)C(C)C. The summed E-state index contributed by atoms with van der Waals surface area (Å²) in [4.78, 5) is 10.5. The van der Waals surface area contributed by atoms with Crippen molar-refractivity contribution in [3.63, 3.8) is 0 Å². The fraction of sp³-hybridized carbons (Fsp3) is 0.889. The Morgan fingerprint density at radius 1 is 1.17 bits per heavy atom. The molecule has 0 bridgehead atoms. The minimum atomic E-state index is -1.08. The summed E-state index contributed by atoms with van der Waals surface area (Å²) in [6.07, 6.45) is 0. The molecule has 3 nitrogen and oxygen atoms in total. The number of nitrogens with one attached hydrogen (secondary N) is 1. The predicted octanol–water partition coefficient (Wildman–Crippen LogP) is -0.926. The first-order valence-electron chi connectivity index (χ1n) is 4.29. The highest BCUT2D eigenvalue weighted by Crippen LogP contribution is 1.71. The molecule has 0 rings (SSSR count). The Balaban J connectivity index is 0. The molecule has 0 fully saturated rings. The quantitative estimate of drug-likeness (QED) is 0.589. The first kappa shape index (κ1) is 14.0. The van der Waals surface area contributed by atoms with Crippen LogP contribution in [0.15, 0.2) is 0 Å². The fourth-order valence-corrected chi connectivity index (χ4v) is 0.667. The van der Waals surface area contributed by atoms with Crippen LogP contribution in [-0.2, 0) is 4.79 Å². The first-order valence-corrected chi connectivity index (χ1v) is 4.29. The van der Waals surface area contributed by atoms with Crippen LogP contribution in [0.2, 0.25) is 0 Å². The Morgan fingerprint density at radius 2 is 1.33 bits per heavy atom. The molecule has 0 heterocycles. The molecule has 0 spiro atoms. The van der Waals surface area contributed by atoms with Crippen LogP contribution in [0.3, 0.4) is 0 Å². The lowest BCUT2D eigenvalue weighted by Gasteiger charge is -2.21. The summed E-state index contributed by atoms with van der Waals surface area (Å²) in [7, 11) is 2.23. The van der Waals surface area contributed by atoms with Gasteiger partial charge in [-0.2, -0.15) is 0 Å². The van der Waals surface area contributed by atoms with Crippen LogP contribution in [0.25, 0.3) is 0 Å². The summed E-state index contributed by atoms with van der Waals surface area (Å²) in [5.74, 6) is -1.08. The van der Waals surface area contributed by atoms with Crippen LogP contribution in [0.5, 0.6) is 0 Å². The van der Waals surface area contributed by atoms with E-state index in [-0.39, 0.29) is 0 Å². The standard InChI is InChI=1S/C7H17N.C2H4O2/c1-6(2)8(5)7(3)4;1-2(3)4/h6-7H,1-5H3;1H3,(H,3,4). The summed E-state index contributed by atoms with van der Waals surface area (Å²) in [6.45, 7) is 9.95. The number of hydrogen-bond donors (Lipinski definition) is 1. The molecule has 0 radical (unpaired) electrons. The Labute approximate surface area is 75.4 Å². The monoisotopic (exact) mass is 175 g/mol. The number of aliphatic carboxylic acids is 1. The Kier molecular flexibility index (Phi) is 8.27. The fourth-order valence-electron chi connectivity index (χ4n) is 0.667. The lowest BCUT2D eigenvalue weighted by atomic mass is 10.3. The maximum atomic E-state index is 8.89. The number of carboxylic acid groups (broad SMARTS) is 1. The number of hydrogen-bond acceptors (Lipinski definition) is 2. The minimum absolute atomic E-state index is 0.759. The number of quaternary nitrogens is 1. The smallest absolute Gasteiger partial charge is 0.0817 e. The average molecular weight is 175 g/mol. The van der Waals surface area contributed by atoms with Crippen molar-refractivity contribution in [1.82, 2.24) is 0 Å². The van der Waals surface area contributed by atoms with Gasteiger partial charge >= 0.3 is 0 Å². The second-order valence-electron chi connectivity index (χ2n) is 3.54. The molecule has 1 N–H and O–H groups in total. The molecule has 0 aromatic carbocycles. The molecule has 3 heteroatoms. The normalized spacial score (nSPS) is 10.1. The van der Waals surface area contributed by atoms with E-state index in [4.69, 9.17) is 9.90 Å². The van der Waals surface area contributed by atoms with Crippen LogP contribution >= 0.6 is 0 Å². The van der Waals surface area contributed by atoms with Crippen LogP contribution in [0.4, 0.5) is 0 Å². The van der Waals surface area contributed by atoms with E-state index in [1.807, 2.05) is 0 Å². The van der Waals surface area contributed by atoms with E-state index in [1.54, 1.807) is 4.90 Å². The van der Waals surface area contributed by atoms with Crippen molar-refractivity contribution in [2.45, 2.75) is 46.7 Å². The lowest BCUT2D eigenvalue weighted by Crippen LogP contribution is -3.15. The topological polar surface area (TPSA) is 44.6 Å². The van der Waals surface area contributed by atoms with Gasteiger partial charge in [0, 0.05) is 5.97 Å². The van der Waals surface area contributed by atoms with E-state index >= 15 is 0 Å². The van der Waals surface area contributed by atoms with Gasteiger partial charge in [0.1, 0.15) is 0 Å². The van der Waals surface area contributed by atoms with Gasteiger partial charge in [-0.1, -0.05) is 0 Å². The van der Waals surface area contributed by atoms with Crippen molar-refractivity contribution in [2.24, 2.45) is 0 Å². The van der Waals surface area contributed by atoms with Crippen molar-refractivity contribution < 1.29 is 14.8 Å². The Morgan fingerprint density at radius 3 is 1.33 bits per heavy atom. The highest BCUT2D eigenvalue weighted by Gasteiger charge is 2.08. The molecule has 0 aliphatic heterocycles. The highest BCUT2D eigenvalue weighted by atomic mass is 16.4. The third kappa shape index (κ3) is 12.1. The van der Waals surface area contributed by atoms with E-state index < -0.39 is 5.97 Å². The number of carbonyl (C=O) groups is 1. The molecule has 0 saturated heterocycles. The van der Waals surface area contributed by atoms with Crippen molar-refractivity contribution >= 4 is 5.97 Å². The molecule has 12 heavy (non-hydrogen) atoms. The van der Waals surface area contributed by atoms with Crippen LogP contribution in [0, 0.1) is 0 Å². The Hall–Kier alpha value is -0.570. The summed E-state index contributed by atoms with van der Waals surface area (Å²) in [6, 6.07) is 1.52. The summed E-state index contributed by atoms with van der Waals surface area (Å²) in [5.41, 5.74) is 0. The maximum Gasteiger partial charge on any atom is 0.0817 e. The summed E-state index contributed by atoms with van der Waals surface area (Å²) < 4.78 is 0. The number of carbonyl (C=O) groups excluding carboxylic acids is 1. The number of rotatable bonds is 2. The zero-order valence-corrected chi connectivity index (χ0v) is 8.97. The zero-order valence-electron chi connectivity index (χ0n) is 8.97. The van der Waals surface area contributed by atoms with Gasteiger partial charge in [0.25, 0.3) is 0 Å². The first-order chi connectivity index (χ1) is 5.29. The molecular weight excluding hydrogens is 154 g/mol. The van der Waals surface area contributed by atoms with Gasteiger partial charge in [-0.15, -0.1) is 0 Å². The van der Waals surface area contributed by atoms with Gasteiger partial charge < -0.3 is 14.8 Å². The molecule has 0 aromatic heterocycles. The molecule has 74 valence electrons. The molecule has 0 aromatic rings. The van der Waals surface area contributed by atoms with Gasteiger partial charge in [0.05, 0.1) is 19.1 Å². The zero-order chi connectivity index (χ0) is 10.3. The third-order valence-electron chi connectivity index (χ3n) is 1.82. The lowest BCUT2D eigenvalue weighted by molar-refractivity contribution is -0.923.